The van der Waals surface area contributed by atoms with Gasteiger partial charge >= 0.3 is 5.63 Å². The van der Waals surface area contributed by atoms with Gasteiger partial charge in [0.05, 0.1) is 4.92 Å². The first-order chi connectivity index (χ1) is 11.4. The number of amides is 1. The van der Waals surface area contributed by atoms with Crippen molar-refractivity contribution < 1.29 is 14.1 Å². The molecule has 1 N–H and O–H groups in total. The summed E-state index contributed by atoms with van der Waals surface area (Å²) in [6.07, 6.45) is 0.704. The Labute approximate surface area is 145 Å². The molecule has 2 rings (SSSR count). The normalized spacial score (nSPS) is 12.2. The van der Waals surface area contributed by atoms with Gasteiger partial charge in [0.15, 0.2) is 0 Å². The van der Waals surface area contributed by atoms with Gasteiger partial charge in [-0.1, -0.05) is 20.8 Å². The second-order valence-corrected chi connectivity index (χ2v) is 8.00. The molecule has 1 aromatic heterocycles. The average Bonchev–Trinajstić information content (AvgIpc) is 2.42. The zero-order valence-electron chi connectivity index (χ0n) is 15.0. The highest BCUT2D eigenvalue weighted by atomic mass is 16.6. The second-order valence-electron chi connectivity index (χ2n) is 8.00. The number of hydrogen-bond acceptors (Lipinski definition) is 5. The quantitative estimate of drug-likeness (QED) is 0.517. The lowest BCUT2D eigenvalue weighted by molar-refractivity contribution is -0.384. The van der Waals surface area contributed by atoms with Crippen molar-refractivity contribution in [3.05, 3.63) is 50.4 Å². The topological polar surface area (TPSA) is 102 Å². The van der Waals surface area contributed by atoms with Crippen LogP contribution in [0.4, 0.5) is 5.69 Å². The predicted octanol–water partition coefficient (Wildman–Crippen LogP) is 3.65. The van der Waals surface area contributed by atoms with Gasteiger partial charge in [-0.25, -0.2) is 4.79 Å². The summed E-state index contributed by atoms with van der Waals surface area (Å²) in [7, 11) is 0. The van der Waals surface area contributed by atoms with Gasteiger partial charge < -0.3 is 9.73 Å². The number of nitro groups is 1. The standard InChI is InChI=1S/C18H22N2O5/c1-17(2,3)10-18(4,5)19-15(21)13-9-11-8-12(20(23)24)6-7-14(11)25-16(13)22/h6-9H,10H2,1-5H3,(H,19,21). The maximum atomic E-state index is 12.5. The molecule has 0 aliphatic heterocycles. The van der Waals surface area contributed by atoms with E-state index in [1.54, 1.807) is 0 Å². The highest BCUT2D eigenvalue weighted by Gasteiger charge is 2.28. The molecule has 0 unspecified atom stereocenters. The van der Waals surface area contributed by atoms with Crippen LogP contribution in [0.15, 0.2) is 33.5 Å². The Bertz CT molecular complexity index is 890. The number of carbonyl (C=O) groups excluding carboxylic acids is 1. The van der Waals surface area contributed by atoms with Crippen molar-refractivity contribution in [2.24, 2.45) is 5.41 Å². The van der Waals surface area contributed by atoms with Crippen LogP contribution in [0.1, 0.15) is 51.4 Å². The molecule has 0 saturated heterocycles. The Morgan fingerprint density at radius 1 is 1.20 bits per heavy atom. The van der Waals surface area contributed by atoms with Crippen LogP contribution >= 0.6 is 0 Å². The van der Waals surface area contributed by atoms with Gasteiger partial charge in [-0.05, 0) is 37.8 Å². The van der Waals surface area contributed by atoms with Crippen molar-refractivity contribution in [1.29, 1.82) is 0 Å². The molecule has 2 aromatic rings. The fourth-order valence-corrected chi connectivity index (χ4v) is 3.13. The number of fused-ring (bicyclic) bond motifs is 1. The second kappa shape index (κ2) is 6.31. The van der Waals surface area contributed by atoms with E-state index in [-0.39, 0.29) is 22.2 Å². The molecule has 25 heavy (non-hydrogen) atoms. The fourth-order valence-electron chi connectivity index (χ4n) is 3.13. The van der Waals surface area contributed by atoms with Crippen LogP contribution in [-0.4, -0.2) is 16.4 Å². The van der Waals surface area contributed by atoms with Crippen LogP contribution in [0.25, 0.3) is 11.0 Å². The highest BCUT2D eigenvalue weighted by Crippen LogP contribution is 2.27. The van der Waals surface area contributed by atoms with Gasteiger partial charge in [0, 0.05) is 23.1 Å². The van der Waals surface area contributed by atoms with Gasteiger partial charge in [0.25, 0.3) is 11.6 Å². The van der Waals surface area contributed by atoms with E-state index in [1.807, 2.05) is 13.8 Å². The van der Waals surface area contributed by atoms with E-state index in [0.29, 0.717) is 11.8 Å². The van der Waals surface area contributed by atoms with Crippen molar-refractivity contribution >= 4 is 22.6 Å². The number of benzene rings is 1. The molecule has 0 atom stereocenters. The third-order valence-corrected chi connectivity index (χ3v) is 3.60. The molecular weight excluding hydrogens is 324 g/mol. The molecule has 0 aliphatic carbocycles. The van der Waals surface area contributed by atoms with E-state index in [4.69, 9.17) is 4.42 Å². The highest BCUT2D eigenvalue weighted by molar-refractivity contribution is 5.97. The van der Waals surface area contributed by atoms with E-state index < -0.39 is 22.0 Å². The average molecular weight is 346 g/mol. The zero-order chi connectivity index (χ0) is 19.0. The minimum absolute atomic E-state index is 0.00849. The maximum absolute atomic E-state index is 12.5. The third kappa shape index (κ3) is 4.65. The molecule has 7 nitrogen and oxygen atoms in total. The van der Waals surface area contributed by atoms with Crippen molar-refractivity contribution in [2.45, 2.75) is 46.6 Å². The van der Waals surface area contributed by atoms with Crippen LogP contribution in [0.3, 0.4) is 0 Å². The van der Waals surface area contributed by atoms with E-state index in [1.165, 1.54) is 24.3 Å². The first-order valence-corrected chi connectivity index (χ1v) is 7.93. The Morgan fingerprint density at radius 2 is 1.84 bits per heavy atom. The van der Waals surface area contributed by atoms with Crippen LogP contribution in [0.5, 0.6) is 0 Å². The molecule has 1 aromatic carbocycles. The van der Waals surface area contributed by atoms with Gasteiger partial charge in [-0.15, -0.1) is 0 Å². The maximum Gasteiger partial charge on any atom is 0.349 e. The molecule has 0 aliphatic rings. The summed E-state index contributed by atoms with van der Waals surface area (Å²) in [5.41, 5.74) is -1.42. The molecule has 1 heterocycles. The molecule has 0 radical (unpaired) electrons. The molecule has 0 saturated carbocycles. The Morgan fingerprint density at radius 3 is 2.40 bits per heavy atom. The summed E-state index contributed by atoms with van der Waals surface area (Å²) >= 11 is 0. The first-order valence-electron chi connectivity index (χ1n) is 7.93. The van der Waals surface area contributed by atoms with Crippen LogP contribution < -0.4 is 10.9 Å². The summed E-state index contributed by atoms with van der Waals surface area (Å²) in [5.74, 6) is -0.559. The molecule has 0 spiro atoms. The van der Waals surface area contributed by atoms with Gasteiger partial charge in [-0.2, -0.15) is 0 Å². The Kier molecular flexibility index (Phi) is 4.70. The number of rotatable bonds is 4. The van der Waals surface area contributed by atoms with Crippen LogP contribution in [0, 0.1) is 15.5 Å². The van der Waals surface area contributed by atoms with Crippen LogP contribution in [0.2, 0.25) is 0 Å². The van der Waals surface area contributed by atoms with Gasteiger partial charge in [0.2, 0.25) is 0 Å². The molecule has 0 bridgehead atoms. The number of hydrogen-bond donors (Lipinski definition) is 1. The summed E-state index contributed by atoms with van der Waals surface area (Å²) in [4.78, 5) is 35.0. The van der Waals surface area contributed by atoms with E-state index >= 15 is 0 Å². The van der Waals surface area contributed by atoms with Gasteiger partial charge in [0.1, 0.15) is 11.1 Å². The summed E-state index contributed by atoms with van der Waals surface area (Å²) < 4.78 is 5.13. The Balaban J connectivity index is 2.39. The van der Waals surface area contributed by atoms with E-state index in [2.05, 4.69) is 26.1 Å². The molecule has 134 valence electrons. The number of nitrogens with zero attached hydrogens (tertiary/aromatic N) is 1. The SMILES string of the molecule is CC(C)(C)CC(C)(C)NC(=O)c1cc2cc([N+](=O)[O-])ccc2oc1=O. The number of non-ortho nitro benzene ring substituents is 1. The minimum Gasteiger partial charge on any atom is -0.422 e. The van der Waals surface area contributed by atoms with Crippen molar-refractivity contribution in [1.82, 2.24) is 5.32 Å². The number of carbonyl (C=O) groups is 1. The summed E-state index contributed by atoms with van der Waals surface area (Å²) in [6.45, 7) is 9.94. The van der Waals surface area contributed by atoms with Crippen molar-refractivity contribution in [2.75, 3.05) is 0 Å². The van der Waals surface area contributed by atoms with Crippen molar-refractivity contribution in [3.63, 3.8) is 0 Å². The summed E-state index contributed by atoms with van der Waals surface area (Å²) in [6, 6.07) is 5.20. The molecule has 1 amide bonds. The lowest BCUT2D eigenvalue weighted by Gasteiger charge is -2.33. The number of nitrogens with one attached hydrogen (secondary N) is 1. The fraction of sp³-hybridized carbons (Fsp3) is 0.444. The lowest BCUT2D eigenvalue weighted by atomic mass is 9.81. The molecule has 0 fully saturated rings. The van der Waals surface area contributed by atoms with Crippen LogP contribution in [-0.2, 0) is 0 Å². The molecular formula is C18H22N2O5. The van der Waals surface area contributed by atoms with E-state index in [0.717, 1.165) is 0 Å². The Hall–Kier alpha value is -2.70. The number of nitro benzene ring substituents is 1. The zero-order valence-corrected chi connectivity index (χ0v) is 15.0. The third-order valence-electron chi connectivity index (χ3n) is 3.60. The summed E-state index contributed by atoms with van der Waals surface area (Å²) in [5, 5.41) is 14.1. The van der Waals surface area contributed by atoms with E-state index in [9.17, 15) is 19.7 Å². The minimum atomic E-state index is -0.773. The monoisotopic (exact) mass is 346 g/mol. The molecule has 7 heteroatoms. The van der Waals surface area contributed by atoms with Gasteiger partial charge in [-0.3, -0.25) is 14.9 Å². The smallest absolute Gasteiger partial charge is 0.349 e. The van der Waals surface area contributed by atoms with Crippen molar-refractivity contribution in [3.8, 4) is 0 Å². The predicted molar refractivity (Wildman–Crippen MR) is 94.8 cm³/mol. The first kappa shape index (κ1) is 18.6. The largest absolute Gasteiger partial charge is 0.422 e. The lowest BCUT2D eigenvalue weighted by Crippen LogP contribution is -2.46.